The van der Waals surface area contributed by atoms with Gasteiger partial charge in [-0.1, -0.05) is 38.3 Å². The van der Waals surface area contributed by atoms with E-state index in [0.29, 0.717) is 5.56 Å². The van der Waals surface area contributed by atoms with Crippen LogP contribution in [0.15, 0.2) is 12.1 Å². The molecule has 4 heteroatoms. The third-order valence-electron chi connectivity index (χ3n) is 2.90. The van der Waals surface area contributed by atoms with Crippen LogP contribution >= 0.6 is 0 Å². The van der Waals surface area contributed by atoms with Crippen molar-refractivity contribution < 1.29 is 19.7 Å². The third-order valence-corrected chi connectivity index (χ3v) is 2.90. The number of benzene rings is 1. The summed E-state index contributed by atoms with van der Waals surface area (Å²) >= 11 is 0. The van der Waals surface area contributed by atoms with Gasteiger partial charge in [0.2, 0.25) is 0 Å². The van der Waals surface area contributed by atoms with Crippen LogP contribution in [0.4, 0.5) is 4.79 Å². The molecule has 18 heavy (non-hydrogen) atoms. The van der Waals surface area contributed by atoms with Crippen molar-refractivity contribution in [3.05, 3.63) is 23.3 Å². The largest absolute Gasteiger partial charge is 0.511 e. The smallest absolute Gasteiger partial charge is 0.504 e. The minimum atomic E-state index is -1.41. The zero-order valence-electron chi connectivity index (χ0n) is 10.9. The van der Waals surface area contributed by atoms with E-state index in [1.807, 2.05) is 6.07 Å². The summed E-state index contributed by atoms with van der Waals surface area (Å²) in [7, 11) is 0. The lowest BCUT2D eigenvalue weighted by atomic mass is 10.0. The molecule has 0 aliphatic rings. The minimum Gasteiger partial charge on any atom is -0.504 e. The van der Waals surface area contributed by atoms with Crippen LogP contribution in [-0.2, 0) is 6.42 Å². The number of rotatable bonds is 6. The van der Waals surface area contributed by atoms with E-state index >= 15 is 0 Å². The lowest BCUT2D eigenvalue weighted by Gasteiger charge is -2.11. The molecule has 1 aromatic carbocycles. The van der Waals surface area contributed by atoms with E-state index in [4.69, 9.17) is 5.11 Å². The van der Waals surface area contributed by atoms with E-state index in [0.717, 1.165) is 31.2 Å². The highest BCUT2D eigenvalue weighted by Gasteiger charge is 2.14. The van der Waals surface area contributed by atoms with Gasteiger partial charge < -0.3 is 14.9 Å². The predicted molar refractivity (Wildman–Crippen MR) is 69.3 cm³/mol. The molecule has 0 saturated heterocycles. The molecule has 0 amide bonds. The molecule has 0 spiro atoms. The van der Waals surface area contributed by atoms with Crippen molar-refractivity contribution in [2.75, 3.05) is 0 Å². The lowest BCUT2D eigenvalue weighted by molar-refractivity contribution is 0.142. The second-order valence-electron chi connectivity index (χ2n) is 4.40. The van der Waals surface area contributed by atoms with Gasteiger partial charge in [0.15, 0.2) is 11.5 Å². The van der Waals surface area contributed by atoms with Crippen LogP contribution in [-0.4, -0.2) is 16.4 Å². The molecule has 0 atom stereocenters. The first-order valence-electron chi connectivity index (χ1n) is 6.28. The Morgan fingerprint density at radius 1 is 1.28 bits per heavy atom. The zero-order valence-corrected chi connectivity index (χ0v) is 10.9. The molecule has 0 unspecified atom stereocenters. The molecule has 4 nitrogen and oxygen atoms in total. The fourth-order valence-corrected chi connectivity index (χ4v) is 1.87. The Bertz CT molecular complexity index is 413. The first-order valence-corrected chi connectivity index (χ1v) is 6.28. The molecule has 1 rings (SSSR count). The number of carbonyl (C=O) groups is 1. The first-order chi connectivity index (χ1) is 8.56. The number of phenolic OH excluding ortho intramolecular Hbond substituents is 1. The fraction of sp³-hybridized carbons (Fsp3) is 0.500. The predicted octanol–water partition coefficient (Wildman–Crippen LogP) is 3.88. The quantitative estimate of drug-likeness (QED) is 0.458. The molecular weight excluding hydrogens is 232 g/mol. The van der Waals surface area contributed by atoms with Gasteiger partial charge in [0.05, 0.1) is 0 Å². The topological polar surface area (TPSA) is 66.8 Å². The number of carboxylic acid groups (broad SMARTS) is 1. The summed E-state index contributed by atoms with van der Waals surface area (Å²) in [6, 6.07) is 3.60. The van der Waals surface area contributed by atoms with Crippen LogP contribution in [0.2, 0.25) is 0 Å². The Kier molecular flexibility index (Phi) is 5.49. The average Bonchev–Trinajstić information content (AvgIpc) is 2.32. The normalized spacial score (nSPS) is 10.3. The maximum Gasteiger partial charge on any atom is 0.511 e. The van der Waals surface area contributed by atoms with Gasteiger partial charge in [-0.3, -0.25) is 0 Å². The van der Waals surface area contributed by atoms with Crippen molar-refractivity contribution in [3.63, 3.8) is 0 Å². The summed E-state index contributed by atoms with van der Waals surface area (Å²) in [4.78, 5) is 10.6. The van der Waals surface area contributed by atoms with Crippen molar-refractivity contribution in [3.8, 4) is 11.5 Å². The van der Waals surface area contributed by atoms with Crippen LogP contribution in [0.3, 0.4) is 0 Å². The van der Waals surface area contributed by atoms with Gasteiger partial charge in [0, 0.05) is 0 Å². The van der Waals surface area contributed by atoms with Crippen LogP contribution in [0.1, 0.15) is 43.7 Å². The SMILES string of the molecule is CCCCCCc1ccc(C)c(OC(=O)O)c1O. The zero-order chi connectivity index (χ0) is 13.5. The van der Waals surface area contributed by atoms with Crippen molar-refractivity contribution >= 4 is 6.16 Å². The average molecular weight is 252 g/mol. The maximum atomic E-state index is 10.6. The number of hydrogen-bond donors (Lipinski definition) is 2. The highest BCUT2D eigenvalue weighted by atomic mass is 16.7. The van der Waals surface area contributed by atoms with Gasteiger partial charge in [-0.25, -0.2) is 4.79 Å². The van der Waals surface area contributed by atoms with E-state index in [1.54, 1.807) is 13.0 Å². The second kappa shape index (κ2) is 6.89. The van der Waals surface area contributed by atoms with Gasteiger partial charge in [0.1, 0.15) is 0 Å². The van der Waals surface area contributed by atoms with Crippen molar-refractivity contribution in [2.45, 2.75) is 46.0 Å². The number of ether oxygens (including phenoxy) is 1. The lowest BCUT2D eigenvalue weighted by Crippen LogP contribution is -2.05. The number of hydrogen-bond acceptors (Lipinski definition) is 3. The number of phenols is 1. The third kappa shape index (κ3) is 3.95. The van der Waals surface area contributed by atoms with Crippen LogP contribution < -0.4 is 4.74 Å². The molecular formula is C14H20O4. The molecule has 0 heterocycles. The molecule has 0 fully saturated rings. The van der Waals surface area contributed by atoms with Gasteiger partial charge in [0.25, 0.3) is 0 Å². The minimum absolute atomic E-state index is 0.0473. The highest BCUT2D eigenvalue weighted by Crippen LogP contribution is 2.34. The Labute approximate surface area is 107 Å². The Morgan fingerprint density at radius 3 is 2.61 bits per heavy atom. The molecule has 0 radical (unpaired) electrons. The Hall–Kier alpha value is -1.71. The van der Waals surface area contributed by atoms with Crippen LogP contribution in [0.5, 0.6) is 11.5 Å². The first kappa shape index (κ1) is 14.4. The molecule has 2 N–H and O–H groups in total. The van der Waals surface area contributed by atoms with Crippen LogP contribution in [0.25, 0.3) is 0 Å². The summed E-state index contributed by atoms with van der Waals surface area (Å²) < 4.78 is 4.61. The van der Waals surface area contributed by atoms with Gasteiger partial charge in [-0.15, -0.1) is 0 Å². The summed E-state index contributed by atoms with van der Waals surface area (Å²) in [5.41, 5.74) is 1.36. The van der Waals surface area contributed by atoms with E-state index in [2.05, 4.69) is 11.7 Å². The number of aryl methyl sites for hydroxylation is 2. The highest BCUT2D eigenvalue weighted by molar-refractivity contribution is 5.65. The standard InChI is InChI=1S/C14H20O4/c1-3-4-5-6-7-11-9-8-10(2)13(12(11)15)18-14(16)17/h8-9,15H,3-7H2,1-2H3,(H,16,17). The molecule has 0 aromatic heterocycles. The molecule has 0 saturated carbocycles. The van der Waals surface area contributed by atoms with Gasteiger partial charge in [-0.2, -0.15) is 0 Å². The summed E-state index contributed by atoms with van der Waals surface area (Å²) in [6.45, 7) is 3.85. The molecule has 0 aliphatic carbocycles. The van der Waals surface area contributed by atoms with Gasteiger partial charge >= 0.3 is 6.16 Å². The fourth-order valence-electron chi connectivity index (χ4n) is 1.87. The molecule has 0 bridgehead atoms. The van der Waals surface area contributed by atoms with E-state index in [9.17, 15) is 9.90 Å². The molecule has 1 aromatic rings. The van der Waals surface area contributed by atoms with E-state index in [1.165, 1.54) is 6.42 Å². The molecule has 100 valence electrons. The van der Waals surface area contributed by atoms with Crippen LogP contribution in [0, 0.1) is 6.92 Å². The Morgan fingerprint density at radius 2 is 2.00 bits per heavy atom. The summed E-state index contributed by atoms with van der Waals surface area (Å²) in [5, 5.41) is 18.6. The van der Waals surface area contributed by atoms with Crippen molar-refractivity contribution in [1.82, 2.24) is 0 Å². The Balaban J connectivity index is 2.77. The van der Waals surface area contributed by atoms with Crippen molar-refractivity contribution in [2.24, 2.45) is 0 Å². The molecule has 0 aliphatic heterocycles. The van der Waals surface area contributed by atoms with E-state index < -0.39 is 6.16 Å². The number of aromatic hydroxyl groups is 1. The van der Waals surface area contributed by atoms with Crippen molar-refractivity contribution in [1.29, 1.82) is 0 Å². The van der Waals surface area contributed by atoms with Gasteiger partial charge in [-0.05, 0) is 30.9 Å². The monoisotopic (exact) mass is 252 g/mol. The second-order valence-corrected chi connectivity index (χ2v) is 4.40. The number of unbranched alkanes of at least 4 members (excludes halogenated alkanes) is 3. The van der Waals surface area contributed by atoms with E-state index in [-0.39, 0.29) is 11.5 Å². The maximum absolute atomic E-state index is 10.6. The summed E-state index contributed by atoms with van der Waals surface area (Å²) in [5.74, 6) is 0.00406. The summed E-state index contributed by atoms with van der Waals surface area (Å²) in [6.07, 6.45) is 3.76.